The summed E-state index contributed by atoms with van der Waals surface area (Å²) >= 11 is 0. The Morgan fingerprint density at radius 2 is 2.20 bits per heavy atom. The molecule has 4 nitrogen and oxygen atoms in total. The Kier molecular flexibility index (Phi) is 2.51. The molecule has 0 spiro atoms. The molecule has 4 heteroatoms. The number of aliphatic hydroxyl groups excluding tert-OH is 1. The van der Waals surface area contributed by atoms with Gasteiger partial charge in [-0.05, 0) is 24.6 Å². The number of nitrogens with zero attached hydrogens (tertiary/aromatic N) is 3. The summed E-state index contributed by atoms with van der Waals surface area (Å²) in [5, 5.41) is 14.1. The van der Waals surface area contributed by atoms with E-state index in [9.17, 15) is 5.11 Å². The van der Waals surface area contributed by atoms with Crippen LogP contribution >= 0.6 is 0 Å². The van der Waals surface area contributed by atoms with E-state index < -0.39 is 6.10 Å². The van der Waals surface area contributed by atoms with Gasteiger partial charge in [-0.2, -0.15) is 5.10 Å². The lowest BCUT2D eigenvalue weighted by molar-refractivity contribution is 0.220. The number of hydrogen-bond acceptors (Lipinski definition) is 3. The molecule has 0 fully saturated rings. The average molecular weight is 203 g/mol. The Bertz CT molecular complexity index is 464. The molecule has 1 atom stereocenters. The number of aromatic nitrogens is 3. The van der Waals surface area contributed by atoms with Gasteiger partial charge in [-0.1, -0.05) is 0 Å². The van der Waals surface area contributed by atoms with Crippen molar-refractivity contribution in [3.8, 4) is 0 Å². The molecular weight excluding hydrogens is 190 g/mol. The highest BCUT2D eigenvalue weighted by molar-refractivity contribution is 5.26. The second kappa shape index (κ2) is 3.82. The van der Waals surface area contributed by atoms with Gasteiger partial charge in [0.1, 0.15) is 6.10 Å². The van der Waals surface area contributed by atoms with Gasteiger partial charge in [-0.3, -0.25) is 9.67 Å². The Labute approximate surface area is 88.2 Å². The molecule has 2 aromatic rings. The van der Waals surface area contributed by atoms with Gasteiger partial charge < -0.3 is 5.11 Å². The minimum Gasteiger partial charge on any atom is -0.384 e. The summed E-state index contributed by atoms with van der Waals surface area (Å²) in [6, 6.07) is 3.68. The average Bonchev–Trinajstić information content (AvgIpc) is 2.64. The molecular formula is C11H13N3O. The van der Waals surface area contributed by atoms with Crippen molar-refractivity contribution in [3.05, 3.63) is 47.5 Å². The van der Waals surface area contributed by atoms with Crippen LogP contribution in [0.4, 0.5) is 0 Å². The van der Waals surface area contributed by atoms with Gasteiger partial charge in [0.2, 0.25) is 0 Å². The molecule has 0 aliphatic rings. The zero-order valence-electron chi connectivity index (χ0n) is 8.75. The topological polar surface area (TPSA) is 50.9 Å². The fourth-order valence-electron chi connectivity index (χ4n) is 1.51. The quantitative estimate of drug-likeness (QED) is 0.798. The van der Waals surface area contributed by atoms with E-state index in [0.717, 1.165) is 16.8 Å². The first kappa shape index (κ1) is 9.86. The standard InChI is InChI=1S/C11H13N3O/c1-8-5-9(3-4-12-8)11(15)10-6-13-14(2)7-10/h3-7,11,15H,1-2H3. The van der Waals surface area contributed by atoms with Crippen LogP contribution < -0.4 is 0 Å². The normalized spacial score (nSPS) is 12.7. The maximum atomic E-state index is 10.0. The Balaban J connectivity index is 2.32. The first-order valence-corrected chi connectivity index (χ1v) is 4.76. The second-order valence-electron chi connectivity index (χ2n) is 3.58. The van der Waals surface area contributed by atoms with Gasteiger partial charge in [0, 0.05) is 30.7 Å². The predicted octanol–water partition coefficient (Wildman–Crippen LogP) is 1.21. The maximum absolute atomic E-state index is 10.0. The molecule has 0 saturated carbocycles. The fourth-order valence-corrected chi connectivity index (χ4v) is 1.51. The van der Waals surface area contributed by atoms with Crippen molar-refractivity contribution in [3.63, 3.8) is 0 Å². The molecule has 0 aliphatic carbocycles. The third-order valence-electron chi connectivity index (χ3n) is 2.28. The fraction of sp³-hybridized carbons (Fsp3) is 0.273. The molecule has 0 bridgehead atoms. The Morgan fingerprint density at radius 3 is 2.80 bits per heavy atom. The molecule has 1 N–H and O–H groups in total. The van der Waals surface area contributed by atoms with E-state index in [1.54, 1.807) is 23.3 Å². The third-order valence-corrected chi connectivity index (χ3v) is 2.28. The van der Waals surface area contributed by atoms with Crippen molar-refractivity contribution < 1.29 is 5.11 Å². The van der Waals surface area contributed by atoms with Gasteiger partial charge in [0.05, 0.1) is 6.20 Å². The third kappa shape index (κ3) is 2.05. The van der Waals surface area contributed by atoms with E-state index in [4.69, 9.17) is 0 Å². The van der Waals surface area contributed by atoms with Crippen LogP contribution in [0.25, 0.3) is 0 Å². The predicted molar refractivity (Wildman–Crippen MR) is 56.2 cm³/mol. The van der Waals surface area contributed by atoms with E-state index in [-0.39, 0.29) is 0 Å². The number of aliphatic hydroxyl groups is 1. The lowest BCUT2D eigenvalue weighted by Crippen LogP contribution is -1.99. The van der Waals surface area contributed by atoms with Crippen molar-refractivity contribution in [1.82, 2.24) is 14.8 Å². The van der Waals surface area contributed by atoms with E-state index in [0.29, 0.717) is 0 Å². The van der Waals surface area contributed by atoms with Crippen LogP contribution in [0.3, 0.4) is 0 Å². The van der Waals surface area contributed by atoms with Crippen LogP contribution in [-0.4, -0.2) is 19.9 Å². The summed E-state index contributed by atoms with van der Waals surface area (Å²) in [5.74, 6) is 0. The van der Waals surface area contributed by atoms with Crippen LogP contribution in [0.1, 0.15) is 22.9 Å². The molecule has 15 heavy (non-hydrogen) atoms. The summed E-state index contributed by atoms with van der Waals surface area (Å²) in [7, 11) is 1.83. The molecule has 0 aliphatic heterocycles. The summed E-state index contributed by atoms with van der Waals surface area (Å²) < 4.78 is 1.67. The van der Waals surface area contributed by atoms with Gasteiger partial charge in [-0.15, -0.1) is 0 Å². The molecule has 78 valence electrons. The molecule has 2 heterocycles. The highest BCUT2D eigenvalue weighted by Crippen LogP contribution is 2.20. The Hall–Kier alpha value is -1.68. The first-order chi connectivity index (χ1) is 7.16. The largest absolute Gasteiger partial charge is 0.384 e. The van der Waals surface area contributed by atoms with E-state index >= 15 is 0 Å². The van der Waals surface area contributed by atoms with Crippen molar-refractivity contribution in [2.75, 3.05) is 0 Å². The summed E-state index contributed by atoms with van der Waals surface area (Å²) in [6.07, 6.45) is 4.55. The minimum absolute atomic E-state index is 0.625. The maximum Gasteiger partial charge on any atom is 0.107 e. The monoisotopic (exact) mass is 203 g/mol. The smallest absolute Gasteiger partial charge is 0.107 e. The van der Waals surface area contributed by atoms with Gasteiger partial charge in [0.25, 0.3) is 0 Å². The van der Waals surface area contributed by atoms with Crippen LogP contribution in [0.2, 0.25) is 0 Å². The van der Waals surface area contributed by atoms with Gasteiger partial charge in [0.15, 0.2) is 0 Å². The molecule has 2 aromatic heterocycles. The van der Waals surface area contributed by atoms with Crippen LogP contribution in [-0.2, 0) is 7.05 Å². The van der Waals surface area contributed by atoms with Crippen LogP contribution in [0, 0.1) is 6.92 Å². The molecule has 0 radical (unpaired) electrons. The van der Waals surface area contributed by atoms with Crippen molar-refractivity contribution in [1.29, 1.82) is 0 Å². The molecule has 1 unspecified atom stereocenters. The van der Waals surface area contributed by atoms with Crippen LogP contribution in [0.15, 0.2) is 30.7 Å². The zero-order chi connectivity index (χ0) is 10.8. The highest BCUT2D eigenvalue weighted by atomic mass is 16.3. The van der Waals surface area contributed by atoms with Crippen molar-refractivity contribution >= 4 is 0 Å². The molecule has 0 saturated heterocycles. The summed E-state index contributed by atoms with van der Waals surface area (Å²) in [4.78, 5) is 4.09. The lowest BCUT2D eigenvalue weighted by atomic mass is 10.1. The number of hydrogen-bond donors (Lipinski definition) is 1. The minimum atomic E-state index is -0.625. The number of pyridine rings is 1. The molecule has 0 aromatic carbocycles. The van der Waals surface area contributed by atoms with Crippen molar-refractivity contribution in [2.24, 2.45) is 7.05 Å². The first-order valence-electron chi connectivity index (χ1n) is 4.76. The Morgan fingerprint density at radius 1 is 1.40 bits per heavy atom. The summed E-state index contributed by atoms with van der Waals surface area (Å²) in [5.41, 5.74) is 2.54. The SMILES string of the molecule is Cc1cc(C(O)c2cnn(C)c2)ccn1. The second-order valence-corrected chi connectivity index (χ2v) is 3.58. The highest BCUT2D eigenvalue weighted by Gasteiger charge is 2.11. The summed E-state index contributed by atoms with van der Waals surface area (Å²) in [6.45, 7) is 1.90. The number of rotatable bonds is 2. The molecule has 2 rings (SSSR count). The van der Waals surface area contributed by atoms with Crippen LogP contribution in [0.5, 0.6) is 0 Å². The van der Waals surface area contributed by atoms with E-state index in [1.807, 2.05) is 26.1 Å². The zero-order valence-corrected chi connectivity index (χ0v) is 8.75. The van der Waals surface area contributed by atoms with E-state index in [2.05, 4.69) is 10.1 Å². The number of aryl methyl sites for hydroxylation is 2. The van der Waals surface area contributed by atoms with Gasteiger partial charge >= 0.3 is 0 Å². The molecule has 0 amide bonds. The van der Waals surface area contributed by atoms with E-state index in [1.165, 1.54) is 0 Å². The van der Waals surface area contributed by atoms with Crippen molar-refractivity contribution in [2.45, 2.75) is 13.0 Å². The lowest BCUT2D eigenvalue weighted by Gasteiger charge is -2.08. The van der Waals surface area contributed by atoms with Gasteiger partial charge in [-0.25, -0.2) is 0 Å².